The Morgan fingerprint density at radius 1 is 1.43 bits per heavy atom. The zero-order valence-corrected chi connectivity index (χ0v) is 8.15. The van der Waals surface area contributed by atoms with Crippen LogP contribution in [0.5, 0.6) is 0 Å². The van der Waals surface area contributed by atoms with E-state index >= 15 is 0 Å². The summed E-state index contributed by atoms with van der Waals surface area (Å²) in [7, 11) is 0. The smallest absolute Gasteiger partial charge is 0.258 e. The summed E-state index contributed by atoms with van der Waals surface area (Å²) in [5, 5.41) is 10.7. The van der Waals surface area contributed by atoms with Gasteiger partial charge in [-0.2, -0.15) is 0 Å². The van der Waals surface area contributed by atoms with Crippen molar-refractivity contribution in [3.63, 3.8) is 0 Å². The van der Waals surface area contributed by atoms with E-state index in [1.165, 1.54) is 6.07 Å². The molecule has 1 rings (SSSR count). The highest BCUT2D eigenvalue weighted by Gasteiger charge is 2.26. The number of nitro groups is 1. The van der Waals surface area contributed by atoms with E-state index in [4.69, 9.17) is 6.42 Å². The average molecular weight is 189 g/mol. The highest BCUT2D eigenvalue weighted by molar-refractivity contribution is 5.47. The molecule has 0 amide bonds. The summed E-state index contributed by atoms with van der Waals surface area (Å²) in [6.45, 7) is 3.57. The minimum atomic E-state index is -0.607. The first kappa shape index (κ1) is 10.3. The quantitative estimate of drug-likeness (QED) is 0.407. The van der Waals surface area contributed by atoms with Crippen molar-refractivity contribution in [2.75, 3.05) is 0 Å². The standard InChI is InChI=1S/C11H11NO2/c1-4-11(2,3)9-7-5-6-8-10(9)12(13)14/h1,5-8H,2-3H3. The van der Waals surface area contributed by atoms with Gasteiger partial charge < -0.3 is 0 Å². The number of nitro benzene ring substituents is 1. The Kier molecular flexibility index (Phi) is 2.57. The summed E-state index contributed by atoms with van der Waals surface area (Å²) < 4.78 is 0. The predicted octanol–water partition coefficient (Wildman–Crippen LogP) is 2.51. The minimum Gasteiger partial charge on any atom is -0.258 e. The van der Waals surface area contributed by atoms with E-state index < -0.39 is 10.3 Å². The lowest BCUT2D eigenvalue weighted by Gasteiger charge is -2.17. The molecule has 0 spiro atoms. The molecule has 0 saturated carbocycles. The second-order valence-corrected chi connectivity index (χ2v) is 3.54. The Labute approximate surface area is 82.9 Å². The van der Waals surface area contributed by atoms with Gasteiger partial charge in [0.1, 0.15) is 0 Å². The summed E-state index contributed by atoms with van der Waals surface area (Å²) in [5.74, 6) is 2.55. The fourth-order valence-corrected chi connectivity index (χ4v) is 1.24. The van der Waals surface area contributed by atoms with E-state index in [1.54, 1.807) is 32.0 Å². The van der Waals surface area contributed by atoms with Crippen molar-refractivity contribution in [3.8, 4) is 12.3 Å². The van der Waals surface area contributed by atoms with Crippen molar-refractivity contribution in [3.05, 3.63) is 39.9 Å². The maximum Gasteiger partial charge on any atom is 0.274 e. The molecule has 3 heteroatoms. The molecule has 0 atom stereocenters. The van der Waals surface area contributed by atoms with Gasteiger partial charge in [-0.3, -0.25) is 10.1 Å². The van der Waals surface area contributed by atoms with Crippen LogP contribution < -0.4 is 0 Å². The van der Waals surface area contributed by atoms with Crippen LogP contribution in [0.1, 0.15) is 19.4 Å². The monoisotopic (exact) mass is 189 g/mol. The number of para-hydroxylation sites is 1. The maximum absolute atomic E-state index is 10.7. The van der Waals surface area contributed by atoms with Gasteiger partial charge in [-0.25, -0.2) is 0 Å². The second-order valence-electron chi connectivity index (χ2n) is 3.54. The Hall–Kier alpha value is -1.82. The molecule has 0 N–H and O–H groups in total. The largest absolute Gasteiger partial charge is 0.274 e. The summed E-state index contributed by atoms with van der Waals surface area (Å²) in [6.07, 6.45) is 5.33. The molecule has 14 heavy (non-hydrogen) atoms. The average Bonchev–Trinajstić information content (AvgIpc) is 2.18. The summed E-state index contributed by atoms with van der Waals surface area (Å²) in [4.78, 5) is 10.3. The van der Waals surface area contributed by atoms with Crippen LogP contribution in [0.3, 0.4) is 0 Å². The number of benzene rings is 1. The normalized spacial score (nSPS) is 10.6. The topological polar surface area (TPSA) is 43.1 Å². The van der Waals surface area contributed by atoms with Crippen molar-refractivity contribution in [2.45, 2.75) is 19.3 Å². The van der Waals surface area contributed by atoms with Gasteiger partial charge in [-0.05, 0) is 13.8 Å². The molecule has 0 aromatic heterocycles. The van der Waals surface area contributed by atoms with E-state index in [0.29, 0.717) is 5.56 Å². The number of nitrogens with zero attached hydrogens (tertiary/aromatic N) is 1. The molecule has 1 aromatic carbocycles. The van der Waals surface area contributed by atoms with Gasteiger partial charge in [-0.15, -0.1) is 6.42 Å². The van der Waals surface area contributed by atoms with Crippen LogP contribution in [0.2, 0.25) is 0 Å². The van der Waals surface area contributed by atoms with E-state index in [2.05, 4.69) is 5.92 Å². The van der Waals surface area contributed by atoms with Crippen molar-refractivity contribution in [2.24, 2.45) is 0 Å². The zero-order valence-electron chi connectivity index (χ0n) is 8.15. The third-order valence-electron chi connectivity index (χ3n) is 2.13. The molecule has 0 saturated heterocycles. The van der Waals surface area contributed by atoms with Gasteiger partial charge in [0.2, 0.25) is 0 Å². The van der Waals surface area contributed by atoms with Crippen LogP contribution in [0.15, 0.2) is 24.3 Å². The fraction of sp³-hybridized carbons (Fsp3) is 0.273. The fourth-order valence-electron chi connectivity index (χ4n) is 1.24. The molecule has 0 aliphatic heterocycles. The molecule has 0 heterocycles. The lowest BCUT2D eigenvalue weighted by Crippen LogP contribution is -2.15. The third-order valence-corrected chi connectivity index (χ3v) is 2.13. The molecule has 0 bridgehead atoms. The highest BCUT2D eigenvalue weighted by Crippen LogP contribution is 2.30. The number of hydrogen-bond donors (Lipinski definition) is 0. The molecule has 1 aromatic rings. The molecule has 0 fully saturated rings. The minimum absolute atomic E-state index is 0.0791. The van der Waals surface area contributed by atoms with E-state index in [9.17, 15) is 10.1 Å². The van der Waals surface area contributed by atoms with Crippen LogP contribution in [0.4, 0.5) is 5.69 Å². The first-order chi connectivity index (χ1) is 6.49. The van der Waals surface area contributed by atoms with E-state index in [0.717, 1.165) is 0 Å². The molecule has 3 nitrogen and oxygen atoms in total. The summed E-state index contributed by atoms with van der Waals surface area (Å²) >= 11 is 0. The lowest BCUT2D eigenvalue weighted by molar-refractivity contribution is -0.385. The zero-order chi connectivity index (χ0) is 10.8. The van der Waals surface area contributed by atoms with Crippen LogP contribution in [-0.4, -0.2) is 4.92 Å². The SMILES string of the molecule is C#CC(C)(C)c1ccccc1[N+](=O)[O-]. The second kappa shape index (κ2) is 3.51. The van der Waals surface area contributed by atoms with Crippen molar-refractivity contribution in [1.82, 2.24) is 0 Å². The van der Waals surface area contributed by atoms with Crippen LogP contribution in [0, 0.1) is 22.5 Å². The molecular formula is C11H11NO2. The van der Waals surface area contributed by atoms with Crippen molar-refractivity contribution in [1.29, 1.82) is 0 Å². The third kappa shape index (κ3) is 1.74. The van der Waals surface area contributed by atoms with Gasteiger partial charge in [0, 0.05) is 11.6 Å². The van der Waals surface area contributed by atoms with E-state index in [-0.39, 0.29) is 5.69 Å². The Balaban J connectivity index is 3.36. The van der Waals surface area contributed by atoms with Crippen LogP contribution >= 0.6 is 0 Å². The lowest BCUT2D eigenvalue weighted by atomic mass is 9.84. The maximum atomic E-state index is 10.7. The van der Waals surface area contributed by atoms with Gasteiger partial charge in [0.05, 0.1) is 10.3 Å². The number of terminal acetylenes is 1. The van der Waals surface area contributed by atoms with E-state index in [1.807, 2.05) is 0 Å². The van der Waals surface area contributed by atoms with Crippen molar-refractivity contribution < 1.29 is 4.92 Å². The first-order valence-electron chi connectivity index (χ1n) is 4.20. The molecule has 0 aliphatic rings. The molecule has 0 radical (unpaired) electrons. The molecule has 0 aliphatic carbocycles. The summed E-state index contributed by atoms with van der Waals surface area (Å²) in [6, 6.07) is 6.54. The number of hydrogen-bond acceptors (Lipinski definition) is 2. The Morgan fingerprint density at radius 3 is 2.50 bits per heavy atom. The predicted molar refractivity (Wildman–Crippen MR) is 55.0 cm³/mol. The van der Waals surface area contributed by atoms with Gasteiger partial charge in [0.15, 0.2) is 0 Å². The number of rotatable bonds is 2. The van der Waals surface area contributed by atoms with Crippen molar-refractivity contribution >= 4 is 5.69 Å². The Bertz CT molecular complexity index is 402. The molecular weight excluding hydrogens is 178 g/mol. The summed E-state index contributed by atoms with van der Waals surface area (Å²) in [5.41, 5.74) is 0.0480. The van der Waals surface area contributed by atoms with Crippen LogP contribution in [0.25, 0.3) is 0 Å². The van der Waals surface area contributed by atoms with Gasteiger partial charge in [-0.1, -0.05) is 24.1 Å². The molecule has 72 valence electrons. The first-order valence-corrected chi connectivity index (χ1v) is 4.20. The highest BCUT2D eigenvalue weighted by atomic mass is 16.6. The molecule has 0 unspecified atom stereocenters. The van der Waals surface area contributed by atoms with Gasteiger partial charge in [0.25, 0.3) is 5.69 Å². The van der Waals surface area contributed by atoms with Gasteiger partial charge >= 0.3 is 0 Å². The van der Waals surface area contributed by atoms with Crippen LogP contribution in [-0.2, 0) is 5.41 Å². The Morgan fingerprint density at radius 2 is 2.00 bits per heavy atom.